The van der Waals surface area contributed by atoms with Crippen LogP contribution in [0.4, 0.5) is 0 Å². The van der Waals surface area contributed by atoms with Crippen LogP contribution in [0, 0.1) is 0 Å². The first-order chi connectivity index (χ1) is 10.2. The van der Waals surface area contributed by atoms with Crippen molar-refractivity contribution in [3.8, 4) is 11.1 Å². The molecule has 1 amide bonds. The third-order valence-electron chi connectivity index (χ3n) is 3.24. The molecule has 21 heavy (non-hydrogen) atoms. The van der Waals surface area contributed by atoms with E-state index in [9.17, 15) is 9.59 Å². The average Bonchev–Trinajstić information content (AvgIpc) is 2.95. The number of carbonyl (C=O) groups is 1. The monoisotopic (exact) mass is 299 g/mol. The van der Waals surface area contributed by atoms with Gasteiger partial charge in [-0.15, -0.1) is 11.3 Å². The van der Waals surface area contributed by atoms with E-state index in [1.54, 1.807) is 7.05 Å². The Morgan fingerprint density at radius 1 is 1.33 bits per heavy atom. The van der Waals surface area contributed by atoms with Crippen LogP contribution >= 0.6 is 11.3 Å². The Bertz CT molecular complexity index is 852. The number of fused-ring (bicyclic) bond motifs is 1. The van der Waals surface area contributed by atoms with Crippen molar-refractivity contribution < 1.29 is 4.79 Å². The van der Waals surface area contributed by atoms with E-state index < -0.39 is 0 Å². The van der Waals surface area contributed by atoms with Crippen LogP contribution in [0.15, 0.2) is 46.8 Å². The molecule has 0 unspecified atom stereocenters. The molecular weight excluding hydrogens is 286 g/mol. The molecule has 1 aromatic carbocycles. The van der Waals surface area contributed by atoms with Crippen LogP contribution in [0.1, 0.15) is 0 Å². The molecular formula is C15H13N3O2S. The van der Waals surface area contributed by atoms with Gasteiger partial charge in [0.15, 0.2) is 0 Å². The van der Waals surface area contributed by atoms with Gasteiger partial charge in [-0.05, 0) is 5.56 Å². The number of hydrogen-bond acceptors (Lipinski definition) is 4. The first-order valence-electron chi connectivity index (χ1n) is 6.43. The number of nitrogens with one attached hydrogen (secondary N) is 1. The van der Waals surface area contributed by atoms with E-state index in [1.165, 1.54) is 22.2 Å². The molecule has 0 aliphatic rings. The maximum atomic E-state index is 12.6. The van der Waals surface area contributed by atoms with Crippen molar-refractivity contribution in [1.29, 1.82) is 0 Å². The number of nitrogens with zero attached hydrogens (tertiary/aromatic N) is 2. The summed E-state index contributed by atoms with van der Waals surface area (Å²) in [5.74, 6) is -0.227. The summed E-state index contributed by atoms with van der Waals surface area (Å²) < 4.78 is 1.33. The molecule has 0 saturated carbocycles. The molecule has 6 heteroatoms. The van der Waals surface area contributed by atoms with E-state index in [-0.39, 0.29) is 18.0 Å². The van der Waals surface area contributed by atoms with Crippen LogP contribution in [-0.2, 0) is 11.3 Å². The summed E-state index contributed by atoms with van der Waals surface area (Å²) in [6.45, 7) is -0.0254. The van der Waals surface area contributed by atoms with Gasteiger partial charge in [-0.1, -0.05) is 30.3 Å². The number of likely N-dealkylation sites (N-methyl/N-ethyl adjacent to an activating group) is 1. The summed E-state index contributed by atoms with van der Waals surface area (Å²) in [4.78, 5) is 29.0. The van der Waals surface area contributed by atoms with E-state index in [0.29, 0.717) is 10.2 Å². The van der Waals surface area contributed by atoms with Gasteiger partial charge in [-0.3, -0.25) is 14.2 Å². The maximum Gasteiger partial charge on any atom is 0.263 e. The van der Waals surface area contributed by atoms with Crippen LogP contribution in [0.3, 0.4) is 0 Å². The molecule has 0 radical (unpaired) electrons. The van der Waals surface area contributed by atoms with Gasteiger partial charge in [0.25, 0.3) is 5.56 Å². The fourth-order valence-corrected chi connectivity index (χ4v) is 3.05. The largest absolute Gasteiger partial charge is 0.358 e. The lowest BCUT2D eigenvalue weighted by molar-refractivity contribution is -0.121. The standard InChI is InChI=1S/C15H13N3O2S/c1-16-12(19)7-18-9-17-14-13(15(18)20)11(8-21-14)10-5-3-2-4-6-10/h2-6,8-9H,7H2,1H3,(H,16,19). The van der Waals surface area contributed by atoms with Crippen molar-refractivity contribution in [2.75, 3.05) is 7.05 Å². The molecule has 0 spiro atoms. The zero-order valence-electron chi connectivity index (χ0n) is 11.4. The highest BCUT2D eigenvalue weighted by Gasteiger charge is 2.14. The molecule has 2 aromatic heterocycles. The summed E-state index contributed by atoms with van der Waals surface area (Å²) in [5.41, 5.74) is 1.64. The lowest BCUT2D eigenvalue weighted by Crippen LogP contribution is -2.30. The third-order valence-corrected chi connectivity index (χ3v) is 4.12. The quantitative estimate of drug-likeness (QED) is 0.803. The molecule has 2 heterocycles. The molecule has 0 aliphatic carbocycles. The van der Waals surface area contributed by atoms with Crippen molar-refractivity contribution in [3.63, 3.8) is 0 Å². The Balaban J connectivity index is 2.18. The Morgan fingerprint density at radius 3 is 2.81 bits per heavy atom. The number of amides is 1. The van der Waals surface area contributed by atoms with Crippen LogP contribution < -0.4 is 10.9 Å². The lowest BCUT2D eigenvalue weighted by atomic mass is 10.1. The van der Waals surface area contributed by atoms with Crippen LogP contribution in [-0.4, -0.2) is 22.5 Å². The minimum atomic E-state index is -0.227. The molecule has 5 nitrogen and oxygen atoms in total. The molecule has 1 N–H and O–H groups in total. The highest BCUT2D eigenvalue weighted by Crippen LogP contribution is 2.30. The van der Waals surface area contributed by atoms with Gasteiger partial charge < -0.3 is 5.32 Å². The van der Waals surface area contributed by atoms with Crippen molar-refractivity contribution in [3.05, 3.63) is 52.4 Å². The predicted octanol–water partition coefficient (Wildman–Crippen LogP) is 1.87. The number of benzene rings is 1. The highest BCUT2D eigenvalue weighted by molar-refractivity contribution is 7.17. The van der Waals surface area contributed by atoms with Crippen LogP contribution in [0.2, 0.25) is 0 Å². The van der Waals surface area contributed by atoms with Crippen molar-refractivity contribution in [2.24, 2.45) is 0 Å². The van der Waals surface area contributed by atoms with Gasteiger partial charge in [-0.25, -0.2) is 4.98 Å². The highest BCUT2D eigenvalue weighted by atomic mass is 32.1. The summed E-state index contributed by atoms with van der Waals surface area (Å²) in [6.07, 6.45) is 1.42. The Morgan fingerprint density at radius 2 is 2.10 bits per heavy atom. The second kappa shape index (κ2) is 5.49. The first kappa shape index (κ1) is 13.5. The van der Waals surface area contributed by atoms with Gasteiger partial charge in [0.05, 0.1) is 11.7 Å². The average molecular weight is 299 g/mol. The fourth-order valence-electron chi connectivity index (χ4n) is 2.14. The molecule has 3 aromatic rings. The van der Waals surface area contributed by atoms with Crippen LogP contribution in [0.25, 0.3) is 21.3 Å². The minimum absolute atomic E-state index is 0.0254. The predicted molar refractivity (Wildman–Crippen MR) is 83.4 cm³/mol. The number of thiophene rings is 1. The Hall–Kier alpha value is -2.47. The van der Waals surface area contributed by atoms with Crippen molar-refractivity contribution in [1.82, 2.24) is 14.9 Å². The molecule has 106 valence electrons. The van der Waals surface area contributed by atoms with Gasteiger partial charge in [-0.2, -0.15) is 0 Å². The summed E-state index contributed by atoms with van der Waals surface area (Å²) in [7, 11) is 1.54. The van der Waals surface area contributed by atoms with Crippen molar-refractivity contribution in [2.45, 2.75) is 6.54 Å². The SMILES string of the molecule is CNC(=O)Cn1cnc2scc(-c3ccccc3)c2c1=O. The lowest BCUT2D eigenvalue weighted by Gasteiger charge is -2.05. The number of hydrogen-bond donors (Lipinski definition) is 1. The third kappa shape index (κ3) is 2.45. The molecule has 3 rings (SSSR count). The molecule has 0 saturated heterocycles. The topological polar surface area (TPSA) is 64.0 Å². The summed E-state index contributed by atoms with van der Waals surface area (Å²) in [6, 6.07) is 9.70. The second-order valence-corrected chi connectivity index (χ2v) is 5.40. The second-order valence-electron chi connectivity index (χ2n) is 4.55. The zero-order valence-corrected chi connectivity index (χ0v) is 12.2. The van der Waals surface area contributed by atoms with Crippen molar-refractivity contribution >= 4 is 27.5 Å². The summed E-state index contributed by atoms with van der Waals surface area (Å²) in [5, 5.41) is 5.00. The minimum Gasteiger partial charge on any atom is -0.358 e. The molecule has 0 fully saturated rings. The van der Waals surface area contributed by atoms with E-state index in [4.69, 9.17) is 0 Å². The van der Waals surface area contributed by atoms with E-state index in [1.807, 2.05) is 35.7 Å². The first-order valence-corrected chi connectivity index (χ1v) is 7.31. The van der Waals surface area contributed by atoms with E-state index in [2.05, 4.69) is 10.3 Å². The van der Waals surface area contributed by atoms with Gasteiger partial charge >= 0.3 is 0 Å². The normalized spacial score (nSPS) is 10.7. The Kier molecular flexibility index (Phi) is 3.53. The van der Waals surface area contributed by atoms with E-state index in [0.717, 1.165) is 11.1 Å². The number of carbonyl (C=O) groups excluding carboxylic acids is 1. The Labute approximate surface area is 124 Å². The fraction of sp³-hybridized carbons (Fsp3) is 0.133. The number of aromatic nitrogens is 2. The molecule has 0 atom stereocenters. The van der Waals surface area contributed by atoms with Gasteiger partial charge in [0.2, 0.25) is 5.91 Å². The molecule has 0 aliphatic heterocycles. The van der Waals surface area contributed by atoms with E-state index >= 15 is 0 Å². The van der Waals surface area contributed by atoms with Gasteiger partial charge in [0, 0.05) is 18.0 Å². The summed E-state index contributed by atoms with van der Waals surface area (Å²) >= 11 is 1.43. The molecule has 0 bridgehead atoms. The van der Waals surface area contributed by atoms with Gasteiger partial charge in [0.1, 0.15) is 11.4 Å². The number of rotatable bonds is 3. The zero-order chi connectivity index (χ0) is 14.8. The smallest absolute Gasteiger partial charge is 0.263 e. The maximum absolute atomic E-state index is 12.6. The van der Waals surface area contributed by atoms with Crippen LogP contribution in [0.5, 0.6) is 0 Å².